The molecule has 1 amide bonds. The molecular weight excluding hydrogens is 230 g/mol. The van der Waals surface area contributed by atoms with Crippen molar-refractivity contribution in [3.63, 3.8) is 0 Å². The fourth-order valence-corrected chi connectivity index (χ4v) is 2.90. The van der Waals surface area contributed by atoms with Crippen LogP contribution in [-0.2, 0) is 14.3 Å². The zero-order valence-electron chi connectivity index (χ0n) is 11.8. The van der Waals surface area contributed by atoms with Gasteiger partial charge in [-0.2, -0.15) is 0 Å². The lowest BCUT2D eigenvalue weighted by molar-refractivity contribution is -0.195. The van der Waals surface area contributed by atoms with Crippen molar-refractivity contribution in [1.29, 1.82) is 0 Å². The molecule has 0 aliphatic carbocycles. The van der Waals surface area contributed by atoms with Crippen molar-refractivity contribution in [2.45, 2.75) is 58.3 Å². The minimum Gasteiger partial charge on any atom is -0.347 e. The van der Waals surface area contributed by atoms with Gasteiger partial charge in [0.15, 0.2) is 5.79 Å². The lowest BCUT2D eigenvalue weighted by Gasteiger charge is -2.38. The molecule has 2 saturated heterocycles. The summed E-state index contributed by atoms with van der Waals surface area (Å²) in [5, 5.41) is 0. The summed E-state index contributed by atoms with van der Waals surface area (Å²) in [5.74, 6) is 0.0376. The smallest absolute Gasteiger partial charge is 0.225 e. The highest BCUT2D eigenvalue weighted by Crippen LogP contribution is 2.34. The van der Waals surface area contributed by atoms with Crippen LogP contribution < -0.4 is 0 Å². The van der Waals surface area contributed by atoms with Crippen LogP contribution in [0.3, 0.4) is 0 Å². The number of carbonyl (C=O) groups is 1. The number of hydrogen-bond acceptors (Lipinski definition) is 3. The first-order valence-corrected chi connectivity index (χ1v) is 7.17. The fourth-order valence-electron chi connectivity index (χ4n) is 2.90. The van der Waals surface area contributed by atoms with E-state index < -0.39 is 5.79 Å². The second-order valence-corrected chi connectivity index (χ2v) is 5.67. The molecule has 0 radical (unpaired) electrons. The maximum Gasteiger partial charge on any atom is 0.225 e. The second-order valence-electron chi connectivity index (χ2n) is 5.67. The molecule has 0 N–H and O–H groups in total. The van der Waals surface area contributed by atoms with E-state index in [1.165, 1.54) is 0 Å². The highest BCUT2D eigenvalue weighted by molar-refractivity contribution is 5.78. The summed E-state index contributed by atoms with van der Waals surface area (Å²) in [7, 11) is 0. The number of ether oxygens (including phenoxy) is 2. The molecule has 2 unspecified atom stereocenters. The van der Waals surface area contributed by atoms with Crippen LogP contribution in [0.15, 0.2) is 0 Å². The van der Waals surface area contributed by atoms with Crippen molar-refractivity contribution in [3.05, 3.63) is 0 Å². The quantitative estimate of drug-likeness (QED) is 0.776. The second kappa shape index (κ2) is 5.57. The van der Waals surface area contributed by atoms with Crippen molar-refractivity contribution >= 4 is 5.91 Å². The average molecular weight is 255 g/mol. The Bertz CT molecular complexity index is 297. The van der Waals surface area contributed by atoms with E-state index >= 15 is 0 Å². The Labute approximate surface area is 110 Å². The molecule has 0 aromatic carbocycles. The van der Waals surface area contributed by atoms with Gasteiger partial charge >= 0.3 is 0 Å². The third kappa shape index (κ3) is 2.86. The van der Waals surface area contributed by atoms with Gasteiger partial charge in [-0.25, -0.2) is 0 Å². The van der Waals surface area contributed by atoms with Crippen LogP contribution in [-0.4, -0.2) is 42.4 Å². The van der Waals surface area contributed by atoms with Crippen molar-refractivity contribution in [1.82, 2.24) is 4.90 Å². The van der Waals surface area contributed by atoms with E-state index in [0.29, 0.717) is 6.61 Å². The summed E-state index contributed by atoms with van der Waals surface area (Å²) in [6, 6.07) is 0. The van der Waals surface area contributed by atoms with E-state index in [0.717, 1.165) is 38.8 Å². The largest absolute Gasteiger partial charge is 0.347 e. The number of likely N-dealkylation sites (tertiary alicyclic amines) is 1. The number of nitrogens with zero attached hydrogens (tertiary/aromatic N) is 1. The summed E-state index contributed by atoms with van der Waals surface area (Å²) in [6.07, 6.45) is 3.84. The number of rotatable bonds is 3. The highest BCUT2D eigenvalue weighted by Gasteiger charge is 2.43. The molecule has 2 heterocycles. The van der Waals surface area contributed by atoms with E-state index in [4.69, 9.17) is 9.47 Å². The van der Waals surface area contributed by atoms with Gasteiger partial charge in [-0.15, -0.1) is 0 Å². The van der Waals surface area contributed by atoms with E-state index in [2.05, 4.69) is 6.92 Å². The Kier molecular flexibility index (Phi) is 4.28. The molecule has 2 fully saturated rings. The molecule has 0 saturated carbocycles. The first-order chi connectivity index (χ1) is 8.56. The molecule has 2 aliphatic heterocycles. The summed E-state index contributed by atoms with van der Waals surface area (Å²) in [6.45, 7) is 8.40. The third-order valence-corrected chi connectivity index (χ3v) is 3.98. The molecule has 4 nitrogen and oxygen atoms in total. The first-order valence-electron chi connectivity index (χ1n) is 7.17. The van der Waals surface area contributed by atoms with E-state index in [-0.39, 0.29) is 17.9 Å². The Morgan fingerprint density at radius 1 is 1.44 bits per heavy atom. The van der Waals surface area contributed by atoms with Gasteiger partial charge in [0.05, 0.1) is 12.7 Å². The lowest BCUT2D eigenvalue weighted by atomic mass is 9.99. The molecule has 2 atom stereocenters. The van der Waals surface area contributed by atoms with Gasteiger partial charge in [0, 0.05) is 31.8 Å². The summed E-state index contributed by atoms with van der Waals surface area (Å²) in [5.41, 5.74) is 0. The Balaban J connectivity index is 1.85. The van der Waals surface area contributed by atoms with Crippen LogP contribution in [0.1, 0.15) is 46.5 Å². The molecule has 4 heteroatoms. The average Bonchev–Trinajstić information content (AvgIpc) is 2.71. The zero-order valence-corrected chi connectivity index (χ0v) is 11.8. The maximum absolute atomic E-state index is 12.2. The number of amides is 1. The van der Waals surface area contributed by atoms with Gasteiger partial charge in [-0.1, -0.05) is 20.3 Å². The summed E-state index contributed by atoms with van der Waals surface area (Å²) in [4.78, 5) is 14.2. The summed E-state index contributed by atoms with van der Waals surface area (Å²) < 4.78 is 11.6. The van der Waals surface area contributed by atoms with Crippen LogP contribution in [0.4, 0.5) is 0 Å². The van der Waals surface area contributed by atoms with Crippen LogP contribution in [0.5, 0.6) is 0 Å². The topological polar surface area (TPSA) is 38.8 Å². The molecule has 2 aliphatic rings. The Morgan fingerprint density at radius 3 is 2.61 bits per heavy atom. The fraction of sp³-hybridized carbons (Fsp3) is 0.929. The Morgan fingerprint density at radius 2 is 2.11 bits per heavy atom. The molecule has 0 aromatic rings. The van der Waals surface area contributed by atoms with E-state index in [9.17, 15) is 4.79 Å². The van der Waals surface area contributed by atoms with Crippen molar-refractivity contribution in [3.8, 4) is 0 Å². The first kappa shape index (κ1) is 13.8. The standard InChI is InChI=1S/C14H25NO3/c1-4-5-11(2)13(16)15-8-6-14(7-9-15)17-10-12(3)18-14/h11-12H,4-10H2,1-3H3. The van der Waals surface area contributed by atoms with E-state index in [1.54, 1.807) is 0 Å². The van der Waals surface area contributed by atoms with Crippen molar-refractivity contribution in [2.75, 3.05) is 19.7 Å². The highest BCUT2D eigenvalue weighted by atomic mass is 16.7. The Hall–Kier alpha value is -0.610. The van der Waals surface area contributed by atoms with Gasteiger partial charge in [0.1, 0.15) is 0 Å². The zero-order chi connectivity index (χ0) is 13.2. The molecular formula is C14H25NO3. The van der Waals surface area contributed by atoms with Crippen LogP contribution in [0.2, 0.25) is 0 Å². The number of carbonyl (C=O) groups excluding carboxylic acids is 1. The van der Waals surface area contributed by atoms with Gasteiger partial charge in [-0.3, -0.25) is 4.79 Å². The van der Waals surface area contributed by atoms with Gasteiger partial charge < -0.3 is 14.4 Å². The maximum atomic E-state index is 12.2. The van der Waals surface area contributed by atoms with Crippen molar-refractivity contribution < 1.29 is 14.3 Å². The van der Waals surface area contributed by atoms with Gasteiger partial charge in [-0.05, 0) is 13.3 Å². The lowest BCUT2D eigenvalue weighted by Crippen LogP contribution is -2.48. The molecule has 1 spiro atoms. The molecule has 2 rings (SSSR count). The van der Waals surface area contributed by atoms with Crippen LogP contribution in [0, 0.1) is 5.92 Å². The molecule has 18 heavy (non-hydrogen) atoms. The monoisotopic (exact) mass is 255 g/mol. The minimum atomic E-state index is -0.399. The molecule has 0 aromatic heterocycles. The predicted octanol–water partition coefficient (Wildman–Crippen LogP) is 2.18. The van der Waals surface area contributed by atoms with Crippen molar-refractivity contribution in [2.24, 2.45) is 5.92 Å². The predicted molar refractivity (Wildman–Crippen MR) is 69.1 cm³/mol. The van der Waals surface area contributed by atoms with Crippen LogP contribution >= 0.6 is 0 Å². The number of piperidine rings is 1. The van der Waals surface area contributed by atoms with E-state index in [1.807, 2.05) is 18.7 Å². The van der Waals surface area contributed by atoms with Gasteiger partial charge in [0.2, 0.25) is 5.91 Å². The van der Waals surface area contributed by atoms with Gasteiger partial charge in [0.25, 0.3) is 0 Å². The van der Waals surface area contributed by atoms with Crippen LogP contribution in [0.25, 0.3) is 0 Å². The summed E-state index contributed by atoms with van der Waals surface area (Å²) >= 11 is 0. The third-order valence-electron chi connectivity index (χ3n) is 3.98. The SMILES string of the molecule is CCCC(C)C(=O)N1CCC2(CC1)OCC(C)O2. The minimum absolute atomic E-state index is 0.147. The number of hydrogen-bond donors (Lipinski definition) is 0. The molecule has 0 bridgehead atoms. The normalized spacial score (nSPS) is 28.6. The molecule has 104 valence electrons.